The van der Waals surface area contributed by atoms with E-state index in [-0.39, 0.29) is 17.9 Å². The third-order valence-corrected chi connectivity index (χ3v) is 3.71. The number of nitrogens with two attached hydrogens (primary N) is 1. The van der Waals surface area contributed by atoms with Gasteiger partial charge in [-0.3, -0.25) is 4.79 Å². The Labute approximate surface area is 145 Å². The van der Waals surface area contributed by atoms with Crippen LogP contribution in [-0.4, -0.2) is 29.4 Å². The first-order chi connectivity index (χ1) is 11.9. The van der Waals surface area contributed by atoms with Crippen molar-refractivity contribution in [1.82, 2.24) is 4.98 Å². The first kappa shape index (κ1) is 18.3. The second-order valence-corrected chi connectivity index (χ2v) is 5.44. The third kappa shape index (κ3) is 3.88. The maximum absolute atomic E-state index is 12.6. The topological polar surface area (TPSA) is 111 Å². The molecular weight excluding hydrogens is 324 g/mol. The Hall–Kier alpha value is -3.09. The average molecular weight is 344 g/mol. The highest BCUT2D eigenvalue weighted by Crippen LogP contribution is 2.24. The fourth-order valence-electron chi connectivity index (χ4n) is 2.55. The molecule has 7 heteroatoms. The summed E-state index contributed by atoms with van der Waals surface area (Å²) in [4.78, 5) is 39.0. The smallest absolute Gasteiger partial charge is 0.355 e. The number of esters is 2. The van der Waals surface area contributed by atoms with Gasteiger partial charge in [0.05, 0.1) is 12.2 Å². The summed E-state index contributed by atoms with van der Waals surface area (Å²) in [5.41, 5.74) is 7.05. The van der Waals surface area contributed by atoms with Crippen molar-refractivity contribution in [2.24, 2.45) is 5.73 Å². The zero-order chi connectivity index (χ0) is 18.6. The molecule has 25 heavy (non-hydrogen) atoms. The minimum Gasteiger partial charge on any atom is -0.461 e. The molecule has 1 aromatic carbocycles. The van der Waals surface area contributed by atoms with Crippen LogP contribution in [0.1, 0.15) is 50.7 Å². The van der Waals surface area contributed by atoms with Crippen LogP contribution < -0.4 is 5.73 Å². The van der Waals surface area contributed by atoms with Crippen LogP contribution >= 0.6 is 0 Å². The molecule has 1 unspecified atom stereocenters. The molecule has 3 N–H and O–H groups in total. The molecule has 0 spiro atoms. The molecular formula is C18H20N2O5. The van der Waals surface area contributed by atoms with Crippen molar-refractivity contribution in [3.05, 3.63) is 58.4 Å². The molecule has 0 aliphatic heterocycles. The van der Waals surface area contributed by atoms with E-state index in [1.54, 1.807) is 51.1 Å². The number of aromatic amines is 1. The van der Waals surface area contributed by atoms with E-state index in [0.29, 0.717) is 16.8 Å². The van der Waals surface area contributed by atoms with E-state index in [1.165, 1.54) is 0 Å². The summed E-state index contributed by atoms with van der Waals surface area (Å²) in [5, 5.41) is 0. The standard InChI is InChI=1S/C18H20N2O5/c1-4-24-18(23)14-10(2)13(11(3)20-14)17(22)25-15(16(19)21)12-8-6-5-7-9-12/h5-9,15,20H,4H2,1-3H3,(H2,19,21). The summed E-state index contributed by atoms with van der Waals surface area (Å²) in [5.74, 6) is -2.08. The minimum atomic E-state index is -1.21. The third-order valence-electron chi connectivity index (χ3n) is 3.71. The summed E-state index contributed by atoms with van der Waals surface area (Å²) in [7, 11) is 0. The maximum atomic E-state index is 12.6. The second-order valence-electron chi connectivity index (χ2n) is 5.44. The van der Waals surface area contributed by atoms with Gasteiger partial charge in [0.2, 0.25) is 6.10 Å². The number of carbonyl (C=O) groups excluding carboxylic acids is 3. The summed E-state index contributed by atoms with van der Waals surface area (Å²) in [6.07, 6.45) is -1.21. The van der Waals surface area contributed by atoms with E-state index < -0.39 is 23.9 Å². The summed E-state index contributed by atoms with van der Waals surface area (Å²) in [6, 6.07) is 8.48. The molecule has 1 heterocycles. The molecule has 0 saturated carbocycles. The van der Waals surface area contributed by atoms with Gasteiger partial charge in [-0.2, -0.15) is 0 Å². The number of aromatic nitrogens is 1. The van der Waals surface area contributed by atoms with Gasteiger partial charge in [0.15, 0.2) is 0 Å². The van der Waals surface area contributed by atoms with Gasteiger partial charge < -0.3 is 20.2 Å². The molecule has 2 aromatic rings. The fraction of sp³-hybridized carbons (Fsp3) is 0.278. The van der Waals surface area contributed by atoms with Gasteiger partial charge in [-0.1, -0.05) is 30.3 Å². The van der Waals surface area contributed by atoms with Gasteiger partial charge in [-0.05, 0) is 26.3 Å². The quantitative estimate of drug-likeness (QED) is 0.780. The number of rotatable bonds is 6. The first-order valence-electron chi connectivity index (χ1n) is 7.78. The Balaban J connectivity index is 2.31. The molecule has 132 valence electrons. The number of hydrogen-bond donors (Lipinski definition) is 2. The van der Waals surface area contributed by atoms with Crippen LogP contribution in [0.2, 0.25) is 0 Å². The van der Waals surface area contributed by atoms with Crippen LogP contribution in [0.3, 0.4) is 0 Å². The maximum Gasteiger partial charge on any atom is 0.355 e. The summed E-state index contributed by atoms with van der Waals surface area (Å²) < 4.78 is 10.3. The van der Waals surface area contributed by atoms with Crippen LogP contribution in [-0.2, 0) is 14.3 Å². The predicted molar refractivity (Wildman–Crippen MR) is 90.0 cm³/mol. The van der Waals surface area contributed by atoms with E-state index in [9.17, 15) is 14.4 Å². The number of H-pyrrole nitrogens is 1. The lowest BCUT2D eigenvalue weighted by Gasteiger charge is -2.15. The van der Waals surface area contributed by atoms with Gasteiger partial charge in [0, 0.05) is 11.3 Å². The lowest BCUT2D eigenvalue weighted by molar-refractivity contribution is -0.127. The molecule has 0 bridgehead atoms. The molecule has 0 aliphatic carbocycles. The van der Waals surface area contributed by atoms with E-state index >= 15 is 0 Å². The second kappa shape index (κ2) is 7.65. The Morgan fingerprint density at radius 2 is 1.76 bits per heavy atom. The highest BCUT2D eigenvalue weighted by atomic mass is 16.5. The Bertz CT molecular complexity index is 795. The fourth-order valence-corrected chi connectivity index (χ4v) is 2.55. The molecule has 1 amide bonds. The monoisotopic (exact) mass is 344 g/mol. The van der Waals surface area contributed by atoms with Gasteiger partial charge in [-0.15, -0.1) is 0 Å². The number of amides is 1. The van der Waals surface area contributed by atoms with Gasteiger partial charge in [0.1, 0.15) is 5.69 Å². The summed E-state index contributed by atoms with van der Waals surface area (Å²) >= 11 is 0. The van der Waals surface area contributed by atoms with Gasteiger partial charge in [0.25, 0.3) is 5.91 Å². The van der Waals surface area contributed by atoms with E-state index in [2.05, 4.69) is 4.98 Å². The number of carbonyl (C=O) groups is 3. The zero-order valence-electron chi connectivity index (χ0n) is 14.3. The zero-order valence-corrected chi connectivity index (χ0v) is 14.3. The Morgan fingerprint density at radius 3 is 2.32 bits per heavy atom. The number of hydrogen-bond acceptors (Lipinski definition) is 5. The summed E-state index contributed by atoms with van der Waals surface area (Å²) in [6.45, 7) is 5.14. The molecule has 0 fully saturated rings. The molecule has 0 saturated heterocycles. The minimum absolute atomic E-state index is 0.182. The van der Waals surface area contributed by atoms with Crippen LogP contribution in [0, 0.1) is 13.8 Å². The number of aryl methyl sites for hydroxylation is 1. The highest BCUT2D eigenvalue weighted by Gasteiger charge is 2.28. The predicted octanol–water partition coefficient (Wildman–Crippen LogP) is 2.19. The van der Waals surface area contributed by atoms with Crippen molar-refractivity contribution in [3.8, 4) is 0 Å². The van der Waals surface area contributed by atoms with Crippen LogP contribution in [0.15, 0.2) is 30.3 Å². The molecule has 0 radical (unpaired) electrons. The molecule has 1 aromatic heterocycles. The van der Waals surface area contributed by atoms with Crippen LogP contribution in [0.4, 0.5) is 0 Å². The number of nitrogens with one attached hydrogen (secondary N) is 1. The van der Waals surface area contributed by atoms with Crippen molar-refractivity contribution < 1.29 is 23.9 Å². The molecule has 7 nitrogen and oxygen atoms in total. The lowest BCUT2D eigenvalue weighted by Crippen LogP contribution is -2.26. The van der Waals surface area contributed by atoms with Crippen molar-refractivity contribution in [2.45, 2.75) is 26.9 Å². The van der Waals surface area contributed by atoms with Gasteiger partial charge >= 0.3 is 11.9 Å². The Kier molecular flexibility index (Phi) is 5.59. The van der Waals surface area contributed by atoms with E-state index in [4.69, 9.17) is 15.2 Å². The number of ether oxygens (including phenoxy) is 2. The van der Waals surface area contributed by atoms with Crippen LogP contribution in [0.25, 0.3) is 0 Å². The lowest BCUT2D eigenvalue weighted by atomic mass is 10.1. The van der Waals surface area contributed by atoms with Crippen LogP contribution in [0.5, 0.6) is 0 Å². The number of benzene rings is 1. The highest BCUT2D eigenvalue weighted by molar-refractivity contribution is 5.99. The van der Waals surface area contributed by atoms with Gasteiger partial charge in [-0.25, -0.2) is 9.59 Å². The van der Waals surface area contributed by atoms with Crippen molar-refractivity contribution in [1.29, 1.82) is 0 Å². The number of primary amides is 1. The molecule has 1 atom stereocenters. The SMILES string of the molecule is CCOC(=O)c1[nH]c(C)c(C(=O)OC(C(N)=O)c2ccccc2)c1C. The van der Waals surface area contributed by atoms with E-state index in [1.807, 2.05) is 0 Å². The Morgan fingerprint density at radius 1 is 1.12 bits per heavy atom. The first-order valence-corrected chi connectivity index (χ1v) is 7.78. The molecule has 2 rings (SSSR count). The van der Waals surface area contributed by atoms with E-state index in [0.717, 1.165) is 0 Å². The average Bonchev–Trinajstić information content (AvgIpc) is 2.88. The molecule has 0 aliphatic rings. The largest absolute Gasteiger partial charge is 0.461 e. The normalized spacial score (nSPS) is 11.6. The van der Waals surface area contributed by atoms with Crippen molar-refractivity contribution in [3.63, 3.8) is 0 Å². The van der Waals surface area contributed by atoms with Crippen molar-refractivity contribution in [2.75, 3.05) is 6.61 Å². The van der Waals surface area contributed by atoms with Crippen molar-refractivity contribution >= 4 is 17.8 Å².